The third-order valence-electron chi connectivity index (χ3n) is 3.47. The van der Waals surface area contributed by atoms with Crippen molar-refractivity contribution in [3.63, 3.8) is 0 Å². The van der Waals surface area contributed by atoms with Crippen LogP contribution < -0.4 is 5.32 Å². The van der Waals surface area contributed by atoms with Crippen LogP contribution in [0.5, 0.6) is 0 Å². The molecule has 3 aromatic rings. The molecule has 2 aromatic carbocycles. The molecular weight excluding hydrogens is 265 g/mol. The largest absolute Gasteiger partial charge is 0.362 e. The van der Waals surface area contributed by atoms with E-state index >= 15 is 0 Å². The second kappa shape index (κ2) is 5.48. The number of hydrogen-bond acceptors (Lipinski definition) is 3. The van der Waals surface area contributed by atoms with E-state index in [1.165, 1.54) is 6.07 Å². The second-order valence-corrected chi connectivity index (χ2v) is 5.03. The number of para-hydroxylation sites is 2. The van der Waals surface area contributed by atoms with Gasteiger partial charge in [0, 0.05) is 5.56 Å². The van der Waals surface area contributed by atoms with Crippen molar-refractivity contribution < 1.29 is 4.39 Å². The Hall–Kier alpha value is -2.49. The van der Waals surface area contributed by atoms with Crippen molar-refractivity contribution in [3.8, 4) is 0 Å². The summed E-state index contributed by atoms with van der Waals surface area (Å²) >= 11 is 0. The average molecular weight is 281 g/mol. The van der Waals surface area contributed by atoms with Gasteiger partial charge in [0.25, 0.3) is 0 Å². The Morgan fingerprint density at radius 1 is 0.952 bits per heavy atom. The Morgan fingerprint density at radius 3 is 2.29 bits per heavy atom. The number of nitrogens with zero attached hydrogens (tertiary/aromatic N) is 2. The number of benzene rings is 2. The first-order chi connectivity index (χ1) is 10.1. The summed E-state index contributed by atoms with van der Waals surface area (Å²) in [7, 11) is 0. The molecule has 106 valence electrons. The van der Waals surface area contributed by atoms with Crippen LogP contribution in [-0.4, -0.2) is 9.97 Å². The summed E-state index contributed by atoms with van der Waals surface area (Å²) in [4.78, 5) is 9.10. The number of aromatic nitrogens is 2. The normalized spacial score (nSPS) is 12.3. The molecule has 1 aromatic heterocycles. The van der Waals surface area contributed by atoms with E-state index in [4.69, 9.17) is 0 Å². The molecule has 0 aliphatic heterocycles. The van der Waals surface area contributed by atoms with Crippen LogP contribution in [0.3, 0.4) is 0 Å². The van der Waals surface area contributed by atoms with E-state index < -0.39 is 0 Å². The molecule has 0 aliphatic rings. The monoisotopic (exact) mass is 281 g/mol. The van der Waals surface area contributed by atoms with Crippen molar-refractivity contribution in [1.82, 2.24) is 9.97 Å². The standard InChI is InChI=1S/C17H16FN3/c1-11(13-7-3-4-8-14(13)18)20-17-12(2)19-15-9-5-6-10-16(15)21-17/h3-11H,1-2H3,(H,20,21). The minimum absolute atomic E-state index is 0.180. The summed E-state index contributed by atoms with van der Waals surface area (Å²) in [6.45, 7) is 3.81. The molecule has 1 heterocycles. The van der Waals surface area contributed by atoms with E-state index in [1.807, 2.05) is 44.2 Å². The van der Waals surface area contributed by atoms with Crippen molar-refractivity contribution in [2.75, 3.05) is 5.32 Å². The molecule has 3 rings (SSSR count). The molecule has 0 spiro atoms. The summed E-state index contributed by atoms with van der Waals surface area (Å²) in [5.74, 6) is 0.466. The molecule has 0 bridgehead atoms. The number of hydrogen-bond donors (Lipinski definition) is 1. The maximum Gasteiger partial charge on any atom is 0.148 e. The van der Waals surface area contributed by atoms with Gasteiger partial charge in [-0.05, 0) is 32.0 Å². The third kappa shape index (κ3) is 2.70. The summed E-state index contributed by atoms with van der Waals surface area (Å²) in [5.41, 5.74) is 3.11. The molecule has 1 N–H and O–H groups in total. The number of nitrogens with one attached hydrogen (secondary N) is 1. The molecule has 0 saturated heterocycles. The zero-order valence-electron chi connectivity index (χ0n) is 12.0. The lowest BCUT2D eigenvalue weighted by Gasteiger charge is -2.17. The Balaban J connectivity index is 1.94. The highest BCUT2D eigenvalue weighted by molar-refractivity contribution is 5.76. The van der Waals surface area contributed by atoms with Gasteiger partial charge >= 0.3 is 0 Å². The maximum atomic E-state index is 13.8. The van der Waals surface area contributed by atoms with E-state index in [0.29, 0.717) is 11.4 Å². The van der Waals surface area contributed by atoms with E-state index in [9.17, 15) is 4.39 Å². The number of rotatable bonds is 3. The summed E-state index contributed by atoms with van der Waals surface area (Å²) in [5, 5.41) is 3.25. The van der Waals surface area contributed by atoms with E-state index in [1.54, 1.807) is 12.1 Å². The smallest absolute Gasteiger partial charge is 0.148 e. The minimum Gasteiger partial charge on any atom is -0.362 e. The molecule has 0 saturated carbocycles. The van der Waals surface area contributed by atoms with Gasteiger partial charge in [-0.2, -0.15) is 0 Å². The van der Waals surface area contributed by atoms with Crippen LogP contribution in [0.1, 0.15) is 24.2 Å². The first-order valence-electron chi connectivity index (χ1n) is 6.89. The summed E-state index contributed by atoms with van der Waals surface area (Å²) in [6.07, 6.45) is 0. The molecule has 0 amide bonds. The Labute approximate surface area is 122 Å². The average Bonchev–Trinajstić information content (AvgIpc) is 2.48. The Morgan fingerprint density at radius 2 is 1.57 bits per heavy atom. The zero-order valence-corrected chi connectivity index (χ0v) is 12.0. The van der Waals surface area contributed by atoms with Gasteiger partial charge in [-0.25, -0.2) is 14.4 Å². The molecule has 4 heteroatoms. The van der Waals surface area contributed by atoms with Crippen molar-refractivity contribution in [3.05, 3.63) is 65.6 Å². The molecular formula is C17H16FN3. The summed E-state index contributed by atoms with van der Waals surface area (Å²) < 4.78 is 13.8. The Bertz CT molecular complexity index is 786. The highest BCUT2D eigenvalue weighted by Gasteiger charge is 2.13. The van der Waals surface area contributed by atoms with Crippen LogP contribution in [0.15, 0.2) is 48.5 Å². The molecule has 1 unspecified atom stereocenters. The first kappa shape index (κ1) is 13.5. The number of fused-ring (bicyclic) bond motifs is 1. The fraction of sp³-hybridized carbons (Fsp3) is 0.176. The topological polar surface area (TPSA) is 37.8 Å². The highest BCUT2D eigenvalue weighted by Crippen LogP contribution is 2.23. The second-order valence-electron chi connectivity index (χ2n) is 5.03. The van der Waals surface area contributed by atoms with Crippen LogP contribution in [0, 0.1) is 12.7 Å². The lowest BCUT2D eigenvalue weighted by atomic mass is 10.1. The van der Waals surface area contributed by atoms with Crippen LogP contribution in [0.2, 0.25) is 0 Å². The van der Waals surface area contributed by atoms with E-state index in [0.717, 1.165) is 16.7 Å². The number of halogens is 1. The van der Waals surface area contributed by atoms with Crippen LogP contribution in [-0.2, 0) is 0 Å². The fourth-order valence-corrected chi connectivity index (χ4v) is 2.33. The number of aryl methyl sites for hydroxylation is 1. The molecule has 0 radical (unpaired) electrons. The Kier molecular flexibility index (Phi) is 3.52. The van der Waals surface area contributed by atoms with Crippen LogP contribution >= 0.6 is 0 Å². The predicted molar refractivity (Wildman–Crippen MR) is 82.7 cm³/mol. The van der Waals surface area contributed by atoms with Gasteiger partial charge in [-0.3, -0.25) is 0 Å². The van der Waals surface area contributed by atoms with Gasteiger partial charge in [0.1, 0.15) is 11.6 Å². The lowest BCUT2D eigenvalue weighted by Crippen LogP contribution is -2.11. The minimum atomic E-state index is -0.219. The number of anilines is 1. The molecule has 1 atom stereocenters. The van der Waals surface area contributed by atoms with E-state index in [-0.39, 0.29) is 11.9 Å². The first-order valence-corrected chi connectivity index (χ1v) is 6.89. The predicted octanol–water partition coefficient (Wildman–Crippen LogP) is 4.25. The molecule has 0 fully saturated rings. The fourth-order valence-electron chi connectivity index (χ4n) is 2.33. The van der Waals surface area contributed by atoms with Gasteiger partial charge in [0.2, 0.25) is 0 Å². The highest BCUT2D eigenvalue weighted by atomic mass is 19.1. The molecule has 0 aliphatic carbocycles. The van der Waals surface area contributed by atoms with Crippen molar-refractivity contribution in [2.45, 2.75) is 19.9 Å². The maximum absolute atomic E-state index is 13.8. The molecule has 21 heavy (non-hydrogen) atoms. The summed E-state index contributed by atoms with van der Waals surface area (Å²) in [6, 6.07) is 14.3. The third-order valence-corrected chi connectivity index (χ3v) is 3.47. The SMILES string of the molecule is Cc1nc2ccccc2nc1NC(C)c1ccccc1F. The van der Waals surface area contributed by atoms with E-state index in [2.05, 4.69) is 15.3 Å². The van der Waals surface area contributed by atoms with Gasteiger partial charge in [-0.15, -0.1) is 0 Å². The van der Waals surface area contributed by atoms with Crippen LogP contribution in [0.4, 0.5) is 10.2 Å². The lowest BCUT2D eigenvalue weighted by molar-refractivity contribution is 0.600. The van der Waals surface area contributed by atoms with Gasteiger partial charge in [0.05, 0.1) is 22.8 Å². The van der Waals surface area contributed by atoms with Gasteiger partial charge in [0.15, 0.2) is 0 Å². The quantitative estimate of drug-likeness (QED) is 0.780. The van der Waals surface area contributed by atoms with Crippen LogP contribution in [0.25, 0.3) is 11.0 Å². The molecule has 3 nitrogen and oxygen atoms in total. The van der Waals surface area contributed by atoms with Crippen molar-refractivity contribution in [2.24, 2.45) is 0 Å². The van der Waals surface area contributed by atoms with Gasteiger partial charge < -0.3 is 5.32 Å². The van der Waals surface area contributed by atoms with Crippen molar-refractivity contribution >= 4 is 16.9 Å². The zero-order chi connectivity index (χ0) is 14.8. The van der Waals surface area contributed by atoms with Crippen molar-refractivity contribution in [1.29, 1.82) is 0 Å². The van der Waals surface area contributed by atoms with Gasteiger partial charge in [-0.1, -0.05) is 30.3 Å².